The van der Waals surface area contributed by atoms with E-state index in [1.54, 1.807) is 17.5 Å². The summed E-state index contributed by atoms with van der Waals surface area (Å²) in [7, 11) is -2.32. The number of nitrogens with two attached hydrogens (primary N) is 1. The van der Waals surface area contributed by atoms with Crippen LogP contribution < -0.4 is 15.2 Å². The number of aromatic nitrogens is 1. The quantitative estimate of drug-likeness (QED) is 0.870. The average molecular weight is 299 g/mol. The molecule has 6 nitrogen and oxygen atoms in total. The summed E-state index contributed by atoms with van der Waals surface area (Å²) in [5, 5.41) is 1.99. The number of hydrogen-bond acceptors (Lipinski definition) is 6. The molecule has 0 radical (unpaired) electrons. The van der Waals surface area contributed by atoms with Crippen molar-refractivity contribution in [3.8, 4) is 5.75 Å². The highest BCUT2D eigenvalue weighted by Crippen LogP contribution is 2.27. The number of anilines is 1. The molecule has 0 aliphatic rings. The van der Waals surface area contributed by atoms with Crippen molar-refractivity contribution in [1.29, 1.82) is 0 Å². The van der Waals surface area contributed by atoms with Gasteiger partial charge in [-0.2, -0.15) is 0 Å². The van der Waals surface area contributed by atoms with Gasteiger partial charge in [-0.05, 0) is 17.7 Å². The zero-order chi connectivity index (χ0) is 13.9. The minimum absolute atomic E-state index is 0.0492. The van der Waals surface area contributed by atoms with Gasteiger partial charge in [-0.25, -0.2) is 13.4 Å². The molecule has 102 valence electrons. The molecule has 0 saturated carbocycles. The van der Waals surface area contributed by atoms with Crippen molar-refractivity contribution >= 4 is 26.5 Å². The summed E-state index contributed by atoms with van der Waals surface area (Å²) in [6, 6.07) is 4.80. The van der Waals surface area contributed by atoms with E-state index in [4.69, 9.17) is 10.5 Å². The molecule has 3 N–H and O–H groups in total. The second-order valence-electron chi connectivity index (χ2n) is 3.63. The van der Waals surface area contributed by atoms with Crippen LogP contribution in [0, 0.1) is 0 Å². The van der Waals surface area contributed by atoms with E-state index in [1.165, 1.54) is 30.7 Å². The lowest BCUT2D eigenvalue weighted by atomic mass is 10.2. The van der Waals surface area contributed by atoms with E-state index in [2.05, 4.69) is 9.71 Å². The number of methoxy groups -OCH3 is 1. The van der Waals surface area contributed by atoms with E-state index in [0.29, 0.717) is 10.7 Å². The zero-order valence-electron chi connectivity index (χ0n) is 10.2. The van der Waals surface area contributed by atoms with Crippen molar-refractivity contribution in [3.05, 3.63) is 35.3 Å². The fraction of sp³-hybridized carbons (Fsp3) is 0.182. The fourth-order valence-electron chi connectivity index (χ4n) is 1.50. The molecular formula is C11H13N3O3S2. The number of nitrogens with one attached hydrogen (secondary N) is 1. The Morgan fingerprint density at radius 1 is 1.47 bits per heavy atom. The molecule has 1 aromatic carbocycles. The van der Waals surface area contributed by atoms with Gasteiger partial charge in [-0.15, -0.1) is 11.3 Å². The number of sulfonamides is 1. The average Bonchev–Trinajstić information content (AvgIpc) is 2.90. The normalized spacial score (nSPS) is 11.3. The van der Waals surface area contributed by atoms with Crippen LogP contribution in [0.15, 0.2) is 34.7 Å². The van der Waals surface area contributed by atoms with Gasteiger partial charge in [0.2, 0.25) is 0 Å². The topological polar surface area (TPSA) is 94.3 Å². The predicted molar refractivity (Wildman–Crippen MR) is 73.8 cm³/mol. The Kier molecular flexibility index (Phi) is 4.03. The molecule has 0 atom stereocenters. The van der Waals surface area contributed by atoms with Crippen LogP contribution in [0.25, 0.3) is 0 Å². The summed E-state index contributed by atoms with van der Waals surface area (Å²) in [6.45, 7) is 0.254. The van der Waals surface area contributed by atoms with Crippen molar-refractivity contribution in [2.75, 3.05) is 11.8 Å². The molecule has 1 heterocycles. The van der Waals surface area contributed by atoms with Crippen molar-refractivity contribution < 1.29 is 13.2 Å². The smallest absolute Gasteiger partial charge is 0.267 e. The highest BCUT2D eigenvalue weighted by molar-refractivity contribution is 7.93. The number of ether oxygens (including phenoxy) is 1. The number of hydrogen-bond donors (Lipinski definition) is 2. The van der Waals surface area contributed by atoms with Crippen LogP contribution in [0.5, 0.6) is 5.75 Å². The lowest BCUT2D eigenvalue weighted by molar-refractivity contribution is 0.402. The molecule has 0 bridgehead atoms. The van der Waals surface area contributed by atoms with E-state index < -0.39 is 10.0 Å². The summed E-state index contributed by atoms with van der Waals surface area (Å²) in [5.74, 6) is 0.265. The molecule has 8 heteroatoms. The second-order valence-corrected chi connectivity index (χ2v) is 6.18. The maximum absolute atomic E-state index is 12.3. The van der Waals surface area contributed by atoms with E-state index >= 15 is 0 Å². The molecule has 0 aliphatic carbocycles. The Morgan fingerprint density at radius 2 is 2.26 bits per heavy atom. The van der Waals surface area contributed by atoms with Crippen molar-refractivity contribution in [2.24, 2.45) is 5.73 Å². The van der Waals surface area contributed by atoms with Gasteiger partial charge in [-0.3, -0.25) is 4.72 Å². The Bertz CT molecular complexity index is 654. The van der Waals surface area contributed by atoms with Crippen molar-refractivity contribution in [1.82, 2.24) is 4.98 Å². The molecule has 0 unspecified atom stereocenters. The minimum atomic E-state index is -3.74. The summed E-state index contributed by atoms with van der Waals surface area (Å²) < 4.78 is 32.0. The summed E-state index contributed by atoms with van der Waals surface area (Å²) >= 11 is 1.20. The Balaban J connectivity index is 2.43. The maximum Gasteiger partial charge on any atom is 0.267 e. The maximum atomic E-state index is 12.3. The van der Waals surface area contributed by atoms with Crippen LogP contribution in [0.2, 0.25) is 0 Å². The van der Waals surface area contributed by atoms with Gasteiger partial charge in [0, 0.05) is 18.1 Å². The molecule has 0 aliphatic heterocycles. The van der Waals surface area contributed by atoms with Gasteiger partial charge in [0.1, 0.15) is 10.6 Å². The van der Waals surface area contributed by atoms with Gasteiger partial charge in [0.15, 0.2) is 5.13 Å². The van der Waals surface area contributed by atoms with Crippen LogP contribution in [-0.2, 0) is 16.6 Å². The lowest BCUT2D eigenvalue weighted by Crippen LogP contribution is -2.14. The third-order valence-corrected chi connectivity index (χ3v) is 4.59. The second kappa shape index (κ2) is 5.55. The lowest BCUT2D eigenvalue weighted by Gasteiger charge is -2.11. The Labute approximate surface area is 115 Å². The van der Waals surface area contributed by atoms with Gasteiger partial charge >= 0.3 is 0 Å². The van der Waals surface area contributed by atoms with Gasteiger partial charge in [-0.1, -0.05) is 6.07 Å². The molecular weight excluding hydrogens is 286 g/mol. The predicted octanol–water partition coefficient (Wildman–Crippen LogP) is 1.41. The SMILES string of the molecule is COc1ccc(CN)cc1S(=O)(=O)Nc1nccs1. The Hall–Kier alpha value is -1.64. The van der Waals surface area contributed by atoms with Gasteiger partial charge in [0.25, 0.3) is 10.0 Å². The third kappa shape index (κ3) is 3.03. The summed E-state index contributed by atoms with van der Waals surface area (Å²) in [5.41, 5.74) is 6.23. The minimum Gasteiger partial charge on any atom is -0.495 e. The third-order valence-electron chi connectivity index (χ3n) is 2.41. The Morgan fingerprint density at radius 3 is 2.84 bits per heavy atom. The summed E-state index contributed by atoms with van der Waals surface area (Å²) in [4.78, 5) is 3.94. The van der Waals surface area contributed by atoms with Crippen LogP contribution in [0.4, 0.5) is 5.13 Å². The number of nitrogens with zero attached hydrogens (tertiary/aromatic N) is 1. The van der Waals surface area contributed by atoms with E-state index in [9.17, 15) is 8.42 Å². The first-order valence-electron chi connectivity index (χ1n) is 5.36. The van der Waals surface area contributed by atoms with Gasteiger partial charge in [0.05, 0.1) is 7.11 Å². The van der Waals surface area contributed by atoms with Gasteiger partial charge < -0.3 is 10.5 Å². The molecule has 0 amide bonds. The highest BCUT2D eigenvalue weighted by atomic mass is 32.2. The van der Waals surface area contributed by atoms with Crippen LogP contribution in [-0.4, -0.2) is 20.5 Å². The van der Waals surface area contributed by atoms with Crippen molar-refractivity contribution in [3.63, 3.8) is 0 Å². The number of benzene rings is 1. The number of rotatable bonds is 5. The molecule has 19 heavy (non-hydrogen) atoms. The first-order valence-corrected chi connectivity index (χ1v) is 7.72. The standard InChI is InChI=1S/C11H13N3O3S2/c1-17-9-3-2-8(7-12)6-10(9)19(15,16)14-11-13-4-5-18-11/h2-6H,7,12H2,1H3,(H,13,14). The van der Waals surface area contributed by atoms with Crippen LogP contribution >= 0.6 is 11.3 Å². The van der Waals surface area contributed by atoms with Crippen LogP contribution in [0.1, 0.15) is 5.56 Å². The fourth-order valence-corrected chi connectivity index (χ4v) is 3.51. The monoisotopic (exact) mass is 299 g/mol. The molecule has 0 fully saturated rings. The molecule has 0 spiro atoms. The van der Waals surface area contributed by atoms with E-state index in [0.717, 1.165) is 0 Å². The number of thiazole rings is 1. The van der Waals surface area contributed by atoms with Crippen LogP contribution in [0.3, 0.4) is 0 Å². The van der Waals surface area contributed by atoms with Crippen molar-refractivity contribution in [2.45, 2.75) is 11.4 Å². The molecule has 2 rings (SSSR count). The molecule has 2 aromatic rings. The zero-order valence-corrected chi connectivity index (χ0v) is 11.8. The first kappa shape index (κ1) is 13.8. The van der Waals surface area contributed by atoms with E-state index in [1.807, 2.05) is 0 Å². The summed E-state index contributed by atoms with van der Waals surface area (Å²) in [6.07, 6.45) is 1.52. The molecule has 1 aromatic heterocycles. The molecule has 0 saturated heterocycles. The highest BCUT2D eigenvalue weighted by Gasteiger charge is 2.21. The largest absolute Gasteiger partial charge is 0.495 e. The van der Waals surface area contributed by atoms with E-state index in [-0.39, 0.29) is 17.2 Å². The first-order chi connectivity index (χ1) is 9.06.